The molecule has 1 aromatic heterocycles. The molecule has 0 atom stereocenters. The van der Waals surface area contributed by atoms with Crippen molar-refractivity contribution in [1.82, 2.24) is 10.3 Å². The first-order chi connectivity index (χ1) is 11.7. The summed E-state index contributed by atoms with van der Waals surface area (Å²) in [6, 6.07) is 11.3. The standard InChI is InChI=1S/C18H19N3O2S/c1-24-15-6-3-2-5-14(15)18(23)20-12-13-8-9-19-16(11-13)21-10-4-7-17(21)22/h2-3,5-6,8-9,11H,4,7,10,12H2,1H3,(H,20,23). The highest BCUT2D eigenvalue weighted by atomic mass is 32.2. The first-order valence-corrected chi connectivity index (χ1v) is 9.08. The number of anilines is 1. The Morgan fingerprint density at radius 2 is 2.17 bits per heavy atom. The molecule has 0 spiro atoms. The van der Waals surface area contributed by atoms with Crippen LogP contribution in [0.2, 0.25) is 0 Å². The monoisotopic (exact) mass is 341 g/mol. The lowest BCUT2D eigenvalue weighted by Gasteiger charge is -2.15. The third-order valence-electron chi connectivity index (χ3n) is 3.96. The predicted octanol–water partition coefficient (Wildman–Crippen LogP) is 2.86. The van der Waals surface area contributed by atoms with E-state index in [-0.39, 0.29) is 11.8 Å². The van der Waals surface area contributed by atoms with Gasteiger partial charge in [-0.2, -0.15) is 0 Å². The van der Waals surface area contributed by atoms with Crippen LogP contribution in [-0.2, 0) is 11.3 Å². The summed E-state index contributed by atoms with van der Waals surface area (Å²) in [5, 5.41) is 2.94. The molecule has 3 rings (SSSR count). The van der Waals surface area contributed by atoms with Crippen molar-refractivity contribution >= 4 is 29.4 Å². The zero-order chi connectivity index (χ0) is 16.9. The van der Waals surface area contributed by atoms with Gasteiger partial charge in [-0.1, -0.05) is 12.1 Å². The van der Waals surface area contributed by atoms with Crippen molar-refractivity contribution in [2.24, 2.45) is 0 Å². The van der Waals surface area contributed by atoms with Crippen LogP contribution in [-0.4, -0.2) is 29.6 Å². The molecule has 1 aromatic carbocycles. The van der Waals surface area contributed by atoms with Gasteiger partial charge in [0.05, 0.1) is 5.56 Å². The molecule has 1 aliphatic rings. The van der Waals surface area contributed by atoms with E-state index in [1.165, 1.54) is 0 Å². The number of carbonyl (C=O) groups excluding carboxylic acids is 2. The van der Waals surface area contributed by atoms with E-state index >= 15 is 0 Å². The van der Waals surface area contributed by atoms with Gasteiger partial charge in [-0.15, -0.1) is 11.8 Å². The molecule has 0 aliphatic carbocycles. The van der Waals surface area contributed by atoms with Crippen molar-refractivity contribution in [3.63, 3.8) is 0 Å². The van der Waals surface area contributed by atoms with Gasteiger partial charge in [0.15, 0.2) is 0 Å². The minimum atomic E-state index is -0.101. The predicted molar refractivity (Wildman–Crippen MR) is 95.2 cm³/mol. The van der Waals surface area contributed by atoms with E-state index in [0.717, 1.165) is 16.9 Å². The number of pyridine rings is 1. The summed E-state index contributed by atoms with van der Waals surface area (Å²) in [5.41, 5.74) is 1.60. The zero-order valence-electron chi connectivity index (χ0n) is 13.5. The summed E-state index contributed by atoms with van der Waals surface area (Å²) in [5.74, 6) is 0.668. The Morgan fingerprint density at radius 1 is 1.33 bits per heavy atom. The van der Waals surface area contributed by atoms with Crippen LogP contribution in [0.4, 0.5) is 5.82 Å². The number of thioether (sulfide) groups is 1. The topological polar surface area (TPSA) is 62.3 Å². The summed E-state index contributed by atoms with van der Waals surface area (Å²) in [6.07, 6.45) is 5.08. The van der Waals surface area contributed by atoms with Crippen molar-refractivity contribution in [1.29, 1.82) is 0 Å². The second kappa shape index (κ2) is 7.49. The average molecular weight is 341 g/mol. The lowest BCUT2D eigenvalue weighted by molar-refractivity contribution is -0.117. The maximum atomic E-state index is 12.4. The average Bonchev–Trinajstić information content (AvgIpc) is 3.06. The Balaban J connectivity index is 1.68. The molecule has 124 valence electrons. The Kier molecular flexibility index (Phi) is 5.15. The van der Waals surface area contributed by atoms with Gasteiger partial charge in [0, 0.05) is 30.6 Å². The van der Waals surface area contributed by atoms with Gasteiger partial charge in [0.25, 0.3) is 5.91 Å². The van der Waals surface area contributed by atoms with Gasteiger partial charge in [0.2, 0.25) is 5.91 Å². The number of hydrogen-bond donors (Lipinski definition) is 1. The largest absolute Gasteiger partial charge is 0.348 e. The van der Waals surface area contributed by atoms with Gasteiger partial charge in [-0.3, -0.25) is 14.5 Å². The van der Waals surface area contributed by atoms with Gasteiger partial charge in [-0.25, -0.2) is 4.98 Å². The maximum absolute atomic E-state index is 12.4. The number of nitrogens with zero attached hydrogens (tertiary/aromatic N) is 2. The number of amides is 2. The maximum Gasteiger partial charge on any atom is 0.252 e. The second-order valence-corrected chi connectivity index (χ2v) is 6.40. The fraction of sp³-hybridized carbons (Fsp3) is 0.278. The van der Waals surface area contributed by atoms with Crippen LogP contribution in [0.5, 0.6) is 0 Å². The molecule has 1 N–H and O–H groups in total. The molecule has 1 fully saturated rings. The molecule has 0 bridgehead atoms. The van der Waals surface area contributed by atoms with E-state index in [2.05, 4.69) is 10.3 Å². The molecule has 0 unspecified atom stereocenters. The SMILES string of the molecule is CSc1ccccc1C(=O)NCc1ccnc(N2CCCC2=O)c1. The van der Waals surface area contributed by atoms with E-state index < -0.39 is 0 Å². The van der Waals surface area contributed by atoms with Crippen LogP contribution in [0.15, 0.2) is 47.5 Å². The number of hydrogen-bond acceptors (Lipinski definition) is 4. The minimum Gasteiger partial charge on any atom is -0.348 e. The Morgan fingerprint density at radius 3 is 2.92 bits per heavy atom. The Hall–Kier alpha value is -2.34. The van der Waals surface area contributed by atoms with Crippen LogP contribution in [0, 0.1) is 0 Å². The van der Waals surface area contributed by atoms with Crippen LogP contribution in [0.3, 0.4) is 0 Å². The van der Waals surface area contributed by atoms with E-state index in [9.17, 15) is 9.59 Å². The van der Waals surface area contributed by atoms with Crippen molar-refractivity contribution in [2.75, 3.05) is 17.7 Å². The van der Waals surface area contributed by atoms with Crippen LogP contribution in [0.25, 0.3) is 0 Å². The van der Waals surface area contributed by atoms with Gasteiger partial charge >= 0.3 is 0 Å². The number of benzene rings is 1. The third kappa shape index (κ3) is 3.59. The summed E-state index contributed by atoms with van der Waals surface area (Å²) in [7, 11) is 0. The highest BCUT2D eigenvalue weighted by molar-refractivity contribution is 7.98. The van der Waals surface area contributed by atoms with Crippen LogP contribution < -0.4 is 10.2 Å². The molecule has 5 nitrogen and oxygen atoms in total. The van der Waals surface area contributed by atoms with Gasteiger partial charge in [0.1, 0.15) is 5.82 Å². The Labute approximate surface area is 145 Å². The van der Waals surface area contributed by atoms with Crippen molar-refractivity contribution in [3.05, 3.63) is 53.7 Å². The van der Waals surface area contributed by atoms with E-state index in [0.29, 0.717) is 30.9 Å². The van der Waals surface area contributed by atoms with Gasteiger partial charge < -0.3 is 5.32 Å². The number of nitrogens with one attached hydrogen (secondary N) is 1. The molecule has 2 amide bonds. The van der Waals surface area contributed by atoms with Gasteiger partial charge in [-0.05, 0) is 42.5 Å². The highest BCUT2D eigenvalue weighted by Crippen LogP contribution is 2.21. The minimum absolute atomic E-state index is 0.101. The Bertz CT molecular complexity index is 763. The normalized spacial score (nSPS) is 14.0. The molecule has 1 saturated heterocycles. The van der Waals surface area contributed by atoms with Crippen LogP contribution >= 0.6 is 11.8 Å². The molecule has 2 aromatic rings. The molecule has 0 saturated carbocycles. The molecular weight excluding hydrogens is 322 g/mol. The van der Waals surface area contributed by atoms with Crippen molar-refractivity contribution in [3.8, 4) is 0 Å². The highest BCUT2D eigenvalue weighted by Gasteiger charge is 2.22. The first-order valence-electron chi connectivity index (χ1n) is 7.85. The molecule has 2 heterocycles. The smallest absolute Gasteiger partial charge is 0.252 e. The fourth-order valence-electron chi connectivity index (χ4n) is 2.72. The summed E-state index contributed by atoms with van der Waals surface area (Å²) >= 11 is 1.55. The van der Waals surface area contributed by atoms with E-state index in [4.69, 9.17) is 0 Å². The number of rotatable bonds is 5. The van der Waals surface area contributed by atoms with E-state index in [1.807, 2.05) is 42.7 Å². The molecule has 24 heavy (non-hydrogen) atoms. The second-order valence-electron chi connectivity index (χ2n) is 5.55. The molecule has 0 radical (unpaired) electrons. The number of aromatic nitrogens is 1. The molecular formula is C18H19N3O2S. The first kappa shape index (κ1) is 16.5. The third-order valence-corrected chi connectivity index (χ3v) is 4.76. The summed E-state index contributed by atoms with van der Waals surface area (Å²) in [6.45, 7) is 1.11. The quantitative estimate of drug-likeness (QED) is 0.850. The lowest BCUT2D eigenvalue weighted by atomic mass is 10.2. The van der Waals surface area contributed by atoms with Crippen molar-refractivity contribution in [2.45, 2.75) is 24.3 Å². The molecule has 6 heteroatoms. The zero-order valence-corrected chi connectivity index (χ0v) is 14.3. The number of carbonyl (C=O) groups is 2. The summed E-state index contributed by atoms with van der Waals surface area (Å²) in [4.78, 5) is 31.1. The molecule has 1 aliphatic heterocycles. The fourth-order valence-corrected chi connectivity index (χ4v) is 3.31. The van der Waals surface area contributed by atoms with Crippen molar-refractivity contribution < 1.29 is 9.59 Å². The van der Waals surface area contributed by atoms with Crippen LogP contribution in [0.1, 0.15) is 28.8 Å². The van der Waals surface area contributed by atoms with E-state index in [1.54, 1.807) is 22.9 Å². The lowest BCUT2D eigenvalue weighted by Crippen LogP contribution is -2.26. The summed E-state index contributed by atoms with van der Waals surface area (Å²) < 4.78 is 0.